The summed E-state index contributed by atoms with van der Waals surface area (Å²) in [5.41, 5.74) is 0.133. The topological polar surface area (TPSA) is 101 Å². The lowest BCUT2D eigenvalue weighted by atomic mass is 10.2. The van der Waals surface area contributed by atoms with Gasteiger partial charge in [0.05, 0.1) is 25.4 Å². The number of nitrogens with zero attached hydrogens (tertiary/aromatic N) is 2. The van der Waals surface area contributed by atoms with E-state index < -0.39 is 17.1 Å². The first kappa shape index (κ1) is 18.5. The van der Waals surface area contributed by atoms with Crippen LogP contribution < -0.4 is 20.7 Å². The van der Waals surface area contributed by atoms with Crippen LogP contribution in [-0.2, 0) is 0 Å². The second-order valence-corrected chi connectivity index (χ2v) is 6.20. The van der Waals surface area contributed by atoms with E-state index in [9.17, 15) is 14.0 Å². The van der Waals surface area contributed by atoms with Gasteiger partial charge in [-0.25, -0.2) is 9.18 Å². The van der Waals surface area contributed by atoms with Gasteiger partial charge in [-0.05, 0) is 48.9 Å². The minimum atomic E-state index is -0.734. The van der Waals surface area contributed by atoms with Crippen LogP contribution in [0.2, 0.25) is 0 Å². The number of methoxy groups -OCH3 is 1. The van der Waals surface area contributed by atoms with Crippen LogP contribution in [0.5, 0.6) is 11.5 Å². The van der Waals surface area contributed by atoms with Gasteiger partial charge < -0.3 is 19.4 Å². The number of rotatable bonds is 5. The second kappa shape index (κ2) is 7.27. The van der Waals surface area contributed by atoms with E-state index in [1.54, 1.807) is 18.2 Å². The van der Waals surface area contributed by atoms with Crippen LogP contribution in [0.1, 0.15) is 12.5 Å². The first-order valence-corrected chi connectivity index (χ1v) is 8.83. The average Bonchev–Trinajstić information content (AvgIpc) is 3.07. The van der Waals surface area contributed by atoms with Crippen molar-refractivity contribution in [3.63, 3.8) is 0 Å². The molecule has 2 aromatic carbocycles. The summed E-state index contributed by atoms with van der Waals surface area (Å²) >= 11 is 0. The normalized spacial score (nSPS) is 11.6. The van der Waals surface area contributed by atoms with Gasteiger partial charge in [0.15, 0.2) is 11.5 Å². The van der Waals surface area contributed by atoms with E-state index in [0.717, 1.165) is 0 Å². The molecule has 9 heteroatoms. The second-order valence-electron chi connectivity index (χ2n) is 6.20. The highest BCUT2D eigenvalue weighted by atomic mass is 19.1. The summed E-state index contributed by atoms with van der Waals surface area (Å²) in [6, 6.07) is 9.14. The number of aromatic nitrogens is 3. The quantitative estimate of drug-likeness (QED) is 0.506. The molecule has 0 saturated carbocycles. The maximum absolute atomic E-state index is 13.5. The fourth-order valence-electron chi connectivity index (χ4n) is 3.08. The molecule has 2 N–H and O–H groups in total. The summed E-state index contributed by atoms with van der Waals surface area (Å²) in [6.07, 6.45) is 1.36. The number of aromatic amines is 2. The van der Waals surface area contributed by atoms with Crippen molar-refractivity contribution >= 4 is 28.2 Å². The van der Waals surface area contributed by atoms with Gasteiger partial charge in [-0.1, -0.05) is 0 Å². The molecule has 4 rings (SSSR count). The van der Waals surface area contributed by atoms with Crippen LogP contribution in [0.4, 0.5) is 4.39 Å². The summed E-state index contributed by atoms with van der Waals surface area (Å²) in [5, 5.41) is 4.43. The van der Waals surface area contributed by atoms with E-state index in [-0.39, 0.29) is 11.0 Å². The van der Waals surface area contributed by atoms with Gasteiger partial charge in [0.1, 0.15) is 11.3 Å². The molecule has 0 aliphatic rings. The minimum Gasteiger partial charge on any atom is -0.493 e. The molecule has 0 bridgehead atoms. The summed E-state index contributed by atoms with van der Waals surface area (Å²) in [7, 11) is 1.51. The molecule has 0 fully saturated rings. The van der Waals surface area contributed by atoms with Crippen LogP contribution >= 0.6 is 0 Å². The number of fused-ring (bicyclic) bond motifs is 3. The van der Waals surface area contributed by atoms with Crippen LogP contribution in [0.15, 0.2) is 51.1 Å². The highest BCUT2D eigenvalue weighted by Crippen LogP contribution is 2.27. The SMILES string of the molecule is CCOc1ccc(/C=N\n2c(=O)[nH]c3c([nH]c4ccc(F)cc43)c2=O)cc1OC. The molecule has 0 amide bonds. The van der Waals surface area contributed by atoms with Crippen LogP contribution in [-0.4, -0.2) is 34.6 Å². The highest BCUT2D eigenvalue weighted by Gasteiger charge is 2.13. The maximum atomic E-state index is 13.5. The monoisotopic (exact) mass is 396 g/mol. The Morgan fingerprint density at radius 3 is 2.69 bits per heavy atom. The summed E-state index contributed by atoms with van der Waals surface area (Å²) < 4.78 is 25.0. The number of H-pyrrole nitrogens is 2. The van der Waals surface area contributed by atoms with Crippen molar-refractivity contribution in [3.05, 3.63) is 68.6 Å². The number of hydrogen-bond donors (Lipinski definition) is 2. The molecule has 0 unspecified atom stereocenters. The molecular weight excluding hydrogens is 379 g/mol. The van der Waals surface area contributed by atoms with Crippen LogP contribution in [0.3, 0.4) is 0 Å². The molecule has 2 heterocycles. The third-order valence-electron chi connectivity index (χ3n) is 4.40. The van der Waals surface area contributed by atoms with Crippen molar-refractivity contribution in [2.75, 3.05) is 13.7 Å². The Labute approximate surface area is 163 Å². The van der Waals surface area contributed by atoms with E-state index in [0.29, 0.717) is 39.2 Å². The Morgan fingerprint density at radius 1 is 1.10 bits per heavy atom. The van der Waals surface area contributed by atoms with E-state index in [1.165, 1.54) is 31.5 Å². The van der Waals surface area contributed by atoms with Crippen molar-refractivity contribution < 1.29 is 13.9 Å². The molecule has 0 radical (unpaired) electrons. The highest BCUT2D eigenvalue weighted by molar-refractivity contribution is 6.04. The Morgan fingerprint density at radius 2 is 1.93 bits per heavy atom. The van der Waals surface area contributed by atoms with Gasteiger partial charge in [0.25, 0.3) is 0 Å². The number of halogens is 1. The number of benzene rings is 2. The Bertz CT molecular complexity index is 1370. The number of hydrogen-bond acceptors (Lipinski definition) is 5. The Balaban J connectivity index is 1.79. The minimum absolute atomic E-state index is 0.131. The third-order valence-corrected chi connectivity index (χ3v) is 4.40. The zero-order valence-electron chi connectivity index (χ0n) is 15.7. The van der Waals surface area contributed by atoms with Crippen LogP contribution in [0, 0.1) is 5.82 Å². The summed E-state index contributed by atoms with van der Waals surface area (Å²) in [5.74, 6) is 0.616. The van der Waals surface area contributed by atoms with Gasteiger partial charge in [0.2, 0.25) is 0 Å². The fraction of sp³-hybridized carbons (Fsp3) is 0.150. The fourth-order valence-corrected chi connectivity index (χ4v) is 3.08. The molecule has 0 spiro atoms. The Kier molecular flexibility index (Phi) is 4.63. The molecule has 4 aromatic rings. The third kappa shape index (κ3) is 3.27. The zero-order valence-corrected chi connectivity index (χ0v) is 15.7. The average molecular weight is 396 g/mol. The van der Waals surface area contributed by atoms with Crippen molar-refractivity contribution in [3.8, 4) is 11.5 Å². The molecule has 0 saturated heterocycles. The molecular formula is C20H17FN4O4. The first-order chi connectivity index (χ1) is 14.0. The molecule has 148 valence electrons. The van der Waals surface area contributed by atoms with Gasteiger partial charge in [-0.2, -0.15) is 5.10 Å². The molecule has 29 heavy (non-hydrogen) atoms. The van der Waals surface area contributed by atoms with Gasteiger partial charge in [0, 0.05) is 10.9 Å². The van der Waals surface area contributed by atoms with Crippen LogP contribution in [0.25, 0.3) is 21.9 Å². The maximum Gasteiger partial charge on any atom is 0.350 e. The zero-order chi connectivity index (χ0) is 20.5. The molecule has 0 atom stereocenters. The van der Waals surface area contributed by atoms with E-state index in [2.05, 4.69) is 15.1 Å². The largest absolute Gasteiger partial charge is 0.493 e. The predicted molar refractivity (Wildman–Crippen MR) is 108 cm³/mol. The molecule has 8 nitrogen and oxygen atoms in total. The predicted octanol–water partition coefficient (Wildman–Crippen LogP) is 2.60. The van der Waals surface area contributed by atoms with Crippen molar-refractivity contribution in [2.24, 2.45) is 5.10 Å². The smallest absolute Gasteiger partial charge is 0.350 e. The van der Waals surface area contributed by atoms with E-state index in [4.69, 9.17) is 9.47 Å². The lowest BCUT2D eigenvalue weighted by molar-refractivity contribution is 0.311. The van der Waals surface area contributed by atoms with Crippen molar-refractivity contribution in [2.45, 2.75) is 6.92 Å². The van der Waals surface area contributed by atoms with E-state index >= 15 is 0 Å². The molecule has 0 aliphatic carbocycles. The summed E-state index contributed by atoms with van der Waals surface area (Å²) in [6.45, 7) is 2.35. The lowest BCUT2D eigenvalue weighted by Crippen LogP contribution is -2.32. The van der Waals surface area contributed by atoms with Gasteiger partial charge in [-0.3, -0.25) is 4.79 Å². The molecule has 0 aliphatic heterocycles. The first-order valence-electron chi connectivity index (χ1n) is 8.83. The molecule has 2 aromatic heterocycles. The van der Waals surface area contributed by atoms with Gasteiger partial charge >= 0.3 is 11.2 Å². The van der Waals surface area contributed by atoms with Gasteiger partial charge in [-0.15, -0.1) is 4.68 Å². The standard InChI is InChI=1S/C20H17FN4O4/c1-3-29-15-7-4-11(8-16(15)28-2)10-22-25-19(26)18-17(24-20(25)27)13-9-12(21)5-6-14(13)23-18/h4-10,23H,3H2,1-2H3,(H,24,27)/b22-10-. The van der Waals surface area contributed by atoms with Crippen molar-refractivity contribution in [1.29, 1.82) is 0 Å². The number of ether oxygens (including phenoxy) is 2. The number of nitrogens with one attached hydrogen (secondary N) is 2. The van der Waals surface area contributed by atoms with E-state index in [1.807, 2.05) is 6.92 Å². The summed E-state index contributed by atoms with van der Waals surface area (Å²) in [4.78, 5) is 30.6. The van der Waals surface area contributed by atoms with Crippen molar-refractivity contribution in [1.82, 2.24) is 14.6 Å². The Hall–Kier alpha value is -3.88. The lowest BCUT2D eigenvalue weighted by Gasteiger charge is -2.09.